The molecule has 2 saturated heterocycles. The van der Waals surface area contributed by atoms with E-state index in [2.05, 4.69) is 24.0 Å². The monoisotopic (exact) mass is 344 g/mol. The van der Waals surface area contributed by atoms with Crippen molar-refractivity contribution in [2.45, 2.75) is 39.8 Å². The molecule has 0 aromatic heterocycles. The lowest BCUT2D eigenvalue weighted by Crippen LogP contribution is -2.46. The number of nitrogens with zero attached hydrogens (tertiary/aromatic N) is 2. The molecule has 0 unspecified atom stereocenters. The summed E-state index contributed by atoms with van der Waals surface area (Å²) in [7, 11) is 0. The van der Waals surface area contributed by atoms with Gasteiger partial charge in [0.05, 0.1) is 12.0 Å². The number of carbonyl (C=O) groups excluding carboxylic acids is 2. The molecule has 1 aromatic carbocycles. The summed E-state index contributed by atoms with van der Waals surface area (Å²) in [4.78, 5) is 29.0. The third-order valence-corrected chi connectivity index (χ3v) is 5.52. The molecule has 0 radical (unpaired) electrons. The average molecular weight is 344 g/mol. The van der Waals surface area contributed by atoms with Crippen LogP contribution in [0.2, 0.25) is 0 Å². The first kappa shape index (κ1) is 17.9. The minimum Gasteiger partial charge on any atom is -0.447 e. The van der Waals surface area contributed by atoms with Crippen LogP contribution in [0.1, 0.15) is 32.8 Å². The Hall–Kier alpha value is -1.88. The highest BCUT2D eigenvalue weighted by molar-refractivity contribution is 5.95. The van der Waals surface area contributed by atoms with Crippen molar-refractivity contribution in [2.75, 3.05) is 19.7 Å². The van der Waals surface area contributed by atoms with Crippen LogP contribution in [0.4, 0.5) is 4.79 Å². The van der Waals surface area contributed by atoms with E-state index in [1.807, 2.05) is 32.0 Å². The number of hydrogen-bond donors (Lipinski definition) is 0. The van der Waals surface area contributed by atoms with Crippen molar-refractivity contribution in [3.8, 4) is 0 Å². The fourth-order valence-corrected chi connectivity index (χ4v) is 3.98. The van der Waals surface area contributed by atoms with Gasteiger partial charge in [-0.25, -0.2) is 9.69 Å². The predicted molar refractivity (Wildman–Crippen MR) is 95.8 cm³/mol. The van der Waals surface area contributed by atoms with Crippen LogP contribution in [-0.2, 0) is 16.1 Å². The molecule has 0 aliphatic carbocycles. The number of hydrogen-bond acceptors (Lipinski definition) is 4. The van der Waals surface area contributed by atoms with E-state index < -0.39 is 6.09 Å². The Morgan fingerprint density at radius 2 is 1.96 bits per heavy atom. The maximum atomic E-state index is 13.1. The molecular weight excluding hydrogens is 316 g/mol. The zero-order valence-corrected chi connectivity index (χ0v) is 15.4. The summed E-state index contributed by atoms with van der Waals surface area (Å²) in [6.45, 7) is 8.96. The van der Waals surface area contributed by atoms with Crippen molar-refractivity contribution in [3.63, 3.8) is 0 Å². The largest absolute Gasteiger partial charge is 0.447 e. The standard InChI is InChI=1S/C20H28N2O3/c1-4-16-11-21(10-15-8-6-5-7-9-15)12-17(16)19(23)22-18(14(2)3)13-25-20(22)24/h5-9,14,16-18H,4,10-13H2,1-3H3/t16-,17-,18-/m1/s1. The van der Waals surface area contributed by atoms with Gasteiger partial charge in [0, 0.05) is 19.6 Å². The first-order chi connectivity index (χ1) is 12.0. The fraction of sp³-hybridized carbons (Fsp3) is 0.600. The quantitative estimate of drug-likeness (QED) is 0.823. The molecule has 136 valence electrons. The normalized spacial score (nSPS) is 27.1. The number of carbonyl (C=O) groups is 2. The summed E-state index contributed by atoms with van der Waals surface area (Å²) in [5, 5.41) is 0. The minimum absolute atomic E-state index is 0.0522. The topological polar surface area (TPSA) is 49.9 Å². The molecule has 5 heteroatoms. The smallest absolute Gasteiger partial charge is 0.416 e. The molecule has 0 spiro atoms. The lowest BCUT2D eigenvalue weighted by Gasteiger charge is -2.27. The Labute approximate surface area is 149 Å². The van der Waals surface area contributed by atoms with Gasteiger partial charge in [-0.2, -0.15) is 0 Å². The average Bonchev–Trinajstić information content (AvgIpc) is 3.18. The maximum absolute atomic E-state index is 13.1. The Morgan fingerprint density at radius 3 is 2.60 bits per heavy atom. The highest BCUT2D eigenvalue weighted by atomic mass is 16.6. The lowest BCUT2D eigenvalue weighted by atomic mass is 9.91. The Balaban J connectivity index is 1.72. The van der Waals surface area contributed by atoms with Gasteiger partial charge in [-0.05, 0) is 17.4 Å². The molecule has 1 aromatic rings. The van der Waals surface area contributed by atoms with Crippen LogP contribution in [-0.4, -0.2) is 47.5 Å². The summed E-state index contributed by atoms with van der Waals surface area (Å²) < 4.78 is 5.16. The van der Waals surface area contributed by atoms with Crippen molar-refractivity contribution in [3.05, 3.63) is 35.9 Å². The summed E-state index contributed by atoms with van der Waals surface area (Å²) in [6, 6.07) is 10.2. The highest BCUT2D eigenvalue weighted by Crippen LogP contribution is 2.32. The van der Waals surface area contributed by atoms with Crippen molar-refractivity contribution in [1.82, 2.24) is 9.80 Å². The van der Waals surface area contributed by atoms with Gasteiger partial charge >= 0.3 is 6.09 Å². The van der Waals surface area contributed by atoms with Gasteiger partial charge in [-0.15, -0.1) is 0 Å². The van der Waals surface area contributed by atoms with E-state index in [1.165, 1.54) is 10.5 Å². The molecule has 2 aliphatic rings. The molecule has 0 bridgehead atoms. The van der Waals surface area contributed by atoms with Gasteiger partial charge in [0.2, 0.25) is 5.91 Å². The number of imide groups is 1. The van der Waals surface area contributed by atoms with E-state index >= 15 is 0 Å². The first-order valence-electron chi connectivity index (χ1n) is 9.27. The molecule has 3 rings (SSSR count). The second-order valence-corrected chi connectivity index (χ2v) is 7.55. The highest BCUT2D eigenvalue weighted by Gasteiger charge is 2.46. The summed E-state index contributed by atoms with van der Waals surface area (Å²) in [5.74, 6) is 0.318. The van der Waals surface area contributed by atoms with Crippen LogP contribution >= 0.6 is 0 Å². The molecule has 3 atom stereocenters. The third-order valence-electron chi connectivity index (χ3n) is 5.52. The summed E-state index contributed by atoms with van der Waals surface area (Å²) in [6.07, 6.45) is 0.469. The number of amides is 2. The van der Waals surface area contributed by atoms with Crippen LogP contribution < -0.4 is 0 Å². The zero-order chi connectivity index (χ0) is 18.0. The van der Waals surface area contributed by atoms with Gasteiger partial charge in [0.25, 0.3) is 0 Å². The Bertz CT molecular complexity index is 617. The molecular formula is C20H28N2O3. The number of likely N-dealkylation sites (tertiary alicyclic amines) is 1. The van der Waals surface area contributed by atoms with E-state index in [0.29, 0.717) is 13.2 Å². The minimum atomic E-state index is -0.472. The van der Waals surface area contributed by atoms with Crippen LogP contribution in [0.3, 0.4) is 0 Å². The zero-order valence-electron chi connectivity index (χ0n) is 15.4. The Kier molecular flexibility index (Phi) is 5.42. The lowest BCUT2D eigenvalue weighted by molar-refractivity contribution is -0.134. The van der Waals surface area contributed by atoms with Crippen molar-refractivity contribution in [1.29, 1.82) is 0 Å². The Morgan fingerprint density at radius 1 is 1.24 bits per heavy atom. The number of benzene rings is 1. The predicted octanol–water partition coefficient (Wildman–Crippen LogP) is 3.15. The van der Waals surface area contributed by atoms with Gasteiger partial charge in [0.15, 0.2) is 0 Å². The van der Waals surface area contributed by atoms with Crippen LogP contribution in [0.5, 0.6) is 0 Å². The molecule has 25 heavy (non-hydrogen) atoms. The maximum Gasteiger partial charge on any atom is 0.416 e. The van der Waals surface area contributed by atoms with Gasteiger partial charge in [-0.1, -0.05) is 57.5 Å². The number of rotatable bonds is 5. The molecule has 2 amide bonds. The third kappa shape index (κ3) is 3.71. The van der Waals surface area contributed by atoms with Crippen molar-refractivity contribution < 1.29 is 14.3 Å². The molecule has 2 heterocycles. The fourth-order valence-electron chi connectivity index (χ4n) is 3.98. The first-order valence-corrected chi connectivity index (χ1v) is 9.27. The van der Waals surface area contributed by atoms with Gasteiger partial charge < -0.3 is 4.74 Å². The van der Waals surface area contributed by atoms with Crippen LogP contribution in [0.25, 0.3) is 0 Å². The summed E-state index contributed by atoms with van der Waals surface area (Å²) >= 11 is 0. The molecule has 0 N–H and O–H groups in total. The van der Waals surface area contributed by atoms with E-state index in [-0.39, 0.29) is 29.7 Å². The van der Waals surface area contributed by atoms with E-state index in [9.17, 15) is 9.59 Å². The van der Waals surface area contributed by atoms with Crippen LogP contribution in [0.15, 0.2) is 30.3 Å². The summed E-state index contributed by atoms with van der Waals surface area (Å²) in [5.41, 5.74) is 1.26. The number of ether oxygens (including phenoxy) is 1. The van der Waals surface area contributed by atoms with Gasteiger partial charge in [0.1, 0.15) is 6.61 Å². The van der Waals surface area contributed by atoms with Crippen molar-refractivity contribution >= 4 is 12.0 Å². The second-order valence-electron chi connectivity index (χ2n) is 7.55. The molecule has 5 nitrogen and oxygen atoms in total. The SMILES string of the molecule is CC[C@@H]1CN(Cc2ccccc2)C[C@H]1C(=O)N1C(=O)OC[C@@H]1C(C)C. The van der Waals surface area contributed by atoms with Crippen molar-refractivity contribution in [2.24, 2.45) is 17.8 Å². The second kappa shape index (κ2) is 7.56. The van der Waals surface area contributed by atoms with E-state index in [4.69, 9.17) is 4.74 Å². The van der Waals surface area contributed by atoms with E-state index in [0.717, 1.165) is 19.5 Å². The van der Waals surface area contributed by atoms with Gasteiger partial charge in [-0.3, -0.25) is 9.69 Å². The molecule has 2 fully saturated rings. The molecule has 2 aliphatic heterocycles. The number of cyclic esters (lactones) is 1. The van der Waals surface area contributed by atoms with Crippen LogP contribution in [0, 0.1) is 17.8 Å². The van der Waals surface area contributed by atoms with E-state index in [1.54, 1.807) is 0 Å². The molecule has 0 saturated carbocycles.